The standard InChI is InChI=1S/C25H21F2N/c1-2-3-4-17-5-7-18(8-6-17)23-16-20(9-12-24(23)27)25-22-11-10-21(26)15-19(22)13-14-28-25/h5-16H,2-4H2,1H3. The third kappa shape index (κ3) is 3.65. The van der Waals surface area contributed by atoms with E-state index in [1.165, 1.54) is 23.8 Å². The Kier molecular flexibility index (Phi) is 5.16. The van der Waals surface area contributed by atoms with Gasteiger partial charge in [-0.25, -0.2) is 8.78 Å². The molecule has 0 atom stereocenters. The highest BCUT2D eigenvalue weighted by Crippen LogP contribution is 2.32. The molecule has 1 nitrogen and oxygen atoms in total. The number of pyridine rings is 1. The topological polar surface area (TPSA) is 12.9 Å². The van der Waals surface area contributed by atoms with Gasteiger partial charge in [-0.1, -0.05) is 37.6 Å². The summed E-state index contributed by atoms with van der Waals surface area (Å²) >= 11 is 0. The zero-order valence-corrected chi connectivity index (χ0v) is 15.8. The number of halogens is 2. The Morgan fingerprint density at radius 2 is 1.61 bits per heavy atom. The first kappa shape index (κ1) is 18.3. The molecule has 28 heavy (non-hydrogen) atoms. The van der Waals surface area contributed by atoms with Gasteiger partial charge >= 0.3 is 0 Å². The van der Waals surface area contributed by atoms with Crippen molar-refractivity contribution in [2.45, 2.75) is 26.2 Å². The monoisotopic (exact) mass is 373 g/mol. The Bertz CT molecular complexity index is 1120. The minimum atomic E-state index is -0.285. The first-order chi connectivity index (χ1) is 13.7. The van der Waals surface area contributed by atoms with E-state index in [1.807, 2.05) is 18.2 Å². The van der Waals surface area contributed by atoms with Gasteiger partial charge in [0.2, 0.25) is 0 Å². The van der Waals surface area contributed by atoms with E-state index in [0.717, 1.165) is 46.9 Å². The average Bonchev–Trinajstić information content (AvgIpc) is 2.72. The van der Waals surface area contributed by atoms with Crippen LogP contribution >= 0.6 is 0 Å². The van der Waals surface area contributed by atoms with Gasteiger partial charge in [0.1, 0.15) is 11.6 Å². The van der Waals surface area contributed by atoms with Crippen molar-refractivity contribution in [3.05, 3.63) is 90.1 Å². The molecule has 0 saturated heterocycles. The van der Waals surface area contributed by atoms with Gasteiger partial charge in [0.15, 0.2) is 0 Å². The van der Waals surface area contributed by atoms with E-state index in [0.29, 0.717) is 5.56 Å². The fourth-order valence-corrected chi connectivity index (χ4v) is 3.50. The molecule has 0 fully saturated rings. The van der Waals surface area contributed by atoms with Crippen LogP contribution in [-0.4, -0.2) is 4.98 Å². The molecule has 0 spiro atoms. The van der Waals surface area contributed by atoms with Crippen molar-refractivity contribution >= 4 is 10.8 Å². The number of unbranched alkanes of at least 4 members (excludes halogenated alkanes) is 1. The van der Waals surface area contributed by atoms with Gasteiger partial charge in [-0.3, -0.25) is 4.98 Å². The molecule has 3 heteroatoms. The Morgan fingerprint density at radius 3 is 2.39 bits per heavy atom. The SMILES string of the molecule is CCCCc1ccc(-c2cc(-c3nccc4cc(F)ccc34)ccc2F)cc1. The highest BCUT2D eigenvalue weighted by Gasteiger charge is 2.11. The van der Waals surface area contributed by atoms with Crippen molar-refractivity contribution in [3.63, 3.8) is 0 Å². The number of aromatic nitrogens is 1. The summed E-state index contributed by atoms with van der Waals surface area (Å²) in [5, 5.41) is 1.62. The minimum absolute atomic E-state index is 0.267. The van der Waals surface area contributed by atoms with Crippen molar-refractivity contribution in [2.24, 2.45) is 0 Å². The summed E-state index contributed by atoms with van der Waals surface area (Å²) in [5.41, 5.74) is 4.17. The van der Waals surface area contributed by atoms with Crippen LogP contribution in [0.1, 0.15) is 25.3 Å². The lowest BCUT2D eigenvalue weighted by Crippen LogP contribution is -1.91. The maximum atomic E-state index is 14.6. The van der Waals surface area contributed by atoms with Gasteiger partial charge < -0.3 is 0 Å². The van der Waals surface area contributed by atoms with Crippen molar-refractivity contribution in [3.8, 4) is 22.4 Å². The highest BCUT2D eigenvalue weighted by molar-refractivity contribution is 5.95. The molecule has 0 aliphatic carbocycles. The van der Waals surface area contributed by atoms with Crippen LogP contribution in [0.4, 0.5) is 8.78 Å². The van der Waals surface area contributed by atoms with Crippen molar-refractivity contribution in [2.75, 3.05) is 0 Å². The number of hydrogen-bond acceptors (Lipinski definition) is 1. The van der Waals surface area contributed by atoms with E-state index in [4.69, 9.17) is 0 Å². The smallest absolute Gasteiger partial charge is 0.131 e. The first-order valence-corrected chi connectivity index (χ1v) is 9.59. The molecule has 140 valence electrons. The molecule has 0 radical (unpaired) electrons. The molecule has 0 unspecified atom stereocenters. The fraction of sp³-hybridized carbons (Fsp3) is 0.160. The normalized spacial score (nSPS) is 11.1. The second-order valence-corrected chi connectivity index (χ2v) is 7.02. The lowest BCUT2D eigenvalue weighted by atomic mass is 9.97. The van der Waals surface area contributed by atoms with Gasteiger partial charge in [-0.05, 0) is 71.8 Å². The molecule has 0 N–H and O–H groups in total. The molecule has 0 amide bonds. The molecule has 4 rings (SSSR count). The van der Waals surface area contributed by atoms with Crippen LogP contribution < -0.4 is 0 Å². The van der Waals surface area contributed by atoms with Gasteiger partial charge in [0.05, 0.1) is 5.69 Å². The molecular weight excluding hydrogens is 352 g/mol. The molecule has 1 aromatic heterocycles. The van der Waals surface area contributed by atoms with Crippen LogP contribution in [0.2, 0.25) is 0 Å². The largest absolute Gasteiger partial charge is 0.256 e. The second kappa shape index (κ2) is 7.89. The Hall–Kier alpha value is -3.07. The molecule has 0 aliphatic heterocycles. The van der Waals surface area contributed by atoms with Gasteiger partial charge in [0.25, 0.3) is 0 Å². The van der Waals surface area contributed by atoms with E-state index in [1.54, 1.807) is 24.4 Å². The van der Waals surface area contributed by atoms with Crippen LogP contribution in [0.25, 0.3) is 33.2 Å². The maximum absolute atomic E-state index is 14.6. The fourth-order valence-electron chi connectivity index (χ4n) is 3.50. The molecule has 1 heterocycles. The number of hydrogen-bond donors (Lipinski definition) is 0. The van der Waals surface area contributed by atoms with Gasteiger partial charge in [-0.15, -0.1) is 0 Å². The first-order valence-electron chi connectivity index (χ1n) is 9.59. The number of rotatable bonds is 5. The molecular formula is C25H21F2N. The Labute approximate surface area is 163 Å². The number of benzene rings is 3. The number of fused-ring (bicyclic) bond motifs is 1. The summed E-state index contributed by atoms with van der Waals surface area (Å²) in [6.07, 6.45) is 5.00. The predicted molar refractivity (Wildman–Crippen MR) is 111 cm³/mol. The minimum Gasteiger partial charge on any atom is -0.256 e. The highest BCUT2D eigenvalue weighted by atomic mass is 19.1. The maximum Gasteiger partial charge on any atom is 0.131 e. The van der Waals surface area contributed by atoms with Crippen LogP contribution in [-0.2, 0) is 6.42 Å². The molecule has 0 saturated carbocycles. The van der Waals surface area contributed by atoms with Crippen molar-refractivity contribution < 1.29 is 8.78 Å². The Morgan fingerprint density at radius 1 is 0.821 bits per heavy atom. The van der Waals surface area contributed by atoms with E-state index in [9.17, 15) is 8.78 Å². The second-order valence-electron chi connectivity index (χ2n) is 7.02. The lowest BCUT2D eigenvalue weighted by molar-refractivity contribution is 0.629. The molecule has 4 aromatic rings. The van der Waals surface area contributed by atoms with Crippen LogP contribution in [0, 0.1) is 11.6 Å². The molecule has 0 bridgehead atoms. The lowest BCUT2D eigenvalue weighted by Gasteiger charge is -2.10. The third-order valence-electron chi connectivity index (χ3n) is 5.05. The summed E-state index contributed by atoms with van der Waals surface area (Å²) in [5.74, 6) is -0.552. The van der Waals surface area contributed by atoms with Crippen LogP contribution in [0.5, 0.6) is 0 Å². The number of nitrogens with zero attached hydrogens (tertiary/aromatic N) is 1. The average molecular weight is 373 g/mol. The third-order valence-corrected chi connectivity index (χ3v) is 5.05. The molecule has 0 aliphatic rings. The van der Waals surface area contributed by atoms with Gasteiger partial charge in [-0.2, -0.15) is 0 Å². The quantitative estimate of drug-likeness (QED) is 0.361. The summed E-state index contributed by atoms with van der Waals surface area (Å²) in [6.45, 7) is 2.17. The van der Waals surface area contributed by atoms with E-state index in [-0.39, 0.29) is 11.6 Å². The molecule has 3 aromatic carbocycles. The van der Waals surface area contributed by atoms with E-state index >= 15 is 0 Å². The summed E-state index contributed by atoms with van der Waals surface area (Å²) < 4.78 is 28.1. The predicted octanol–water partition coefficient (Wildman–Crippen LogP) is 7.19. The zero-order valence-electron chi connectivity index (χ0n) is 15.8. The van der Waals surface area contributed by atoms with Gasteiger partial charge in [0, 0.05) is 22.7 Å². The Balaban J connectivity index is 1.76. The van der Waals surface area contributed by atoms with Crippen molar-refractivity contribution in [1.82, 2.24) is 4.98 Å². The van der Waals surface area contributed by atoms with Crippen LogP contribution in [0.15, 0.2) is 72.9 Å². The number of aryl methyl sites for hydroxylation is 1. The van der Waals surface area contributed by atoms with Crippen molar-refractivity contribution in [1.29, 1.82) is 0 Å². The zero-order chi connectivity index (χ0) is 19.5. The van der Waals surface area contributed by atoms with Crippen LogP contribution in [0.3, 0.4) is 0 Å². The summed E-state index contributed by atoms with van der Waals surface area (Å²) in [7, 11) is 0. The summed E-state index contributed by atoms with van der Waals surface area (Å²) in [6, 6.07) is 19.5. The van der Waals surface area contributed by atoms with E-state index < -0.39 is 0 Å². The van der Waals surface area contributed by atoms with E-state index in [2.05, 4.69) is 24.0 Å². The summed E-state index contributed by atoms with van der Waals surface area (Å²) in [4.78, 5) is 4.47.